The molecular weight excluding hydrogens is 406 g/mol. The van der Waals surface area contributed by atoms with Crippen molar-refractivity contribution in [1.82, 2.24) is 10.2 Å². The van der Waals surface area contributed by atoms with Gasteiger partial charge in [-0.25, -0.2) is 0 Å². The molecule has 0 aromatic heterocycles. The van der Waals surface area contributed by atoms with Gasteiger partial charge in [0.1, 0.15) is 30.7 Å². The first-order valence-electron chi connectivity index (χ1n) is 10.4. The number of amides is 2. The fraction of sp³-hybridized carbons (Fsp3) is 0.619. The fourth-order valence-electron chi connectivity index (χ4n) is 3.95. The average Bonchev–Trinajstić information content (AvgIpc) is 3.05. The molecule has 4 atom stereocenters. The zero-order valence-corrected chi connectivity index (χ0v) is 17.9. The Morgan fingerprint density at radius 1 is 1.10 bits per heavy atom. The molecule has 10 heteroatoms. The van der Waals surface area contributed by atoms with Crippen LogP contribution in [-0.4, -0.2) is 105 Å². The molecular formula is C21H31N3O7. The quantitative estimate of drug-likeness (QED) is 0.473. The van der Waals surface area contributed by atoms with Gasteiger partial charge in [0.2, 0.25) is 11.8 Å². The van der Waals surface area contributed by atoms with Crippen LogP contribution in [0.5, 0.6) is 5.75 Å². The van der Waals surface area contributed by atoms with Gasteiger partial charge in [0, 0.05) is 39.8 Å². The molecule has 2 fully saturated rings. The lowest BCUT2D eigenvalue weighted by Gasteiger charge is -2.37. The van der Waals surface area contributed by atoms with Gasteiger partial charge >= 0.3 is 0 Å². The van der Waals surface area contributed by atoms with Crippen LogP contribution in [0.15, 0.2) is 24.3 Å². The van der Waals surface area contributed by atoms with Crippen LogP contribution in [0.4, 0.5) is 5.69 Å². The summed E-state index contributed by atoms with van der Waals surface area (Å²) >= 11 is 0. The van der Waals surface area contributed by atoms with E-state index in [1.165, 1.54) is 7.11 Å². The number of aliphatic hydroxyl groups excluding tert-OH is 2. The fourth-order valence-corrected chi connectivity index (χ4v) is 3.95. The van der Waals surface area contributed by atoms with Crippen molar-refractivity contribution in [2.24, 2.45) is 0 Å². The van der Waals surface area contributed by atoms with Gasteiger partial charge in [-0.1, -0.05) is 12.1 Å². The molecule has 2 aliphatic rings. The van der Waals surface area contributed by atoms with Crippen molar-refractivity contribution in [3.8, 4) is 5.75 Å². The van der Waals surface area contributed by atoms with Crippen LogP contribution in [0.3, 0.4) is 0 Å². The number of methoxy groups -OCH3 is 2. The summed E-state index contributed by atoms with van der Waals surface area (Å²) in [6, 6.07) is 7.77. The van der Waals surface area contributed by atoms with Gasteiger partial charge in [-0.3, -0.25) is 9.59 Å². The highest BCUT2D eigenvalue weighted by Crippen LogP contribution is 2.29. The summed E-state index contributed by atoms with van der Waals surface area (Å²) in [5.41, 5.74) is 0.994. The Kier molecular flexibility index (Phi) is 8.08. The maximum Gasteiger partial charge on any atom is 0.246 e. The Hall–Kier alpha value is -2.40. The molecule has 2 amide bonds. The highest BCUT2D eigenvalue weighted by Gasteiger charge is 2.44. The van der Waals surface area contributed by atoms with Crippen molar-refractivity contribution in [3.63, 3.8) is 0 Å². The Bertz CT molecular complexity index is 754. The average molecular weight is 437 g/mol. The number of anilines is 1. The number of carbonyl (C=O) groups is 2. The maximum absolute atomic E-state index is 12.8. The van der Waals surface area contributed by atoms with E-state index in [9.17, 15) is 19.8 Å². The number of ether oxygens (including phenoxy) is 3. The number of piperazine rings is 1. The molecule has 172 valence electrons. The number of hydrogen-bond donors (Lipinski definition) is 3. The molecule has 2 aliphatic heterocycles. The normalized spacial score (nSPS) is 26.1. The van der Waals surface area contributed by atoms with Crippen LogP contribution in [0.25, 0.3) is 0 Å². The lowest BCUT2D eigenvalue weighted by atomic mass is 10.0. The number of rotatable bonds is 8. The first-order valence-corrected chi connectivity index (χ1v) is 10.4. The zero-order valence-electron chi connectivity index (χ0n) is 17.9. The van der Waals surface area contributed by atoms with E-state index in [4.69, 9.17) is 14.2 Å². The molecule has 0 bridgehead atoms. The number of nitrogens with one attached hydrogen (secondary N) is 1. The number of para-hydroxylation sites is 2. The summed E-state index contributed by atoms with van der Waals surface area (Å²) in [5.74, 6) is 0.308. The highest BCUT2D eigenvalue weighted by atomic mass is 16.5. The zero-order chi connectivity index (χ0) is 22.4. The predicted octanol–water partition coefficient (Wildman–Crippen LogP) is -1.01. The van der Waals surface area contributed by atoms with Gasteiger partial charge in [0.05, 0.1) is 25.3 Å². The number of aliphatic hydroxyl groups is 2. The number of nitrogens with zero attached hydrogens (tertiary/aromatic N) is 2. The van der Waals surface area contributed by atoms with E-state index < -0.39 is 24.4 Å². The summed E-state index contributed by atoms with van der Waals surface area (Å²) in [4.78, 5) is 28.2. The standard InChI is InChI=1S/C21H31N3O7/c1-29-13-18(25)22-12-17-21(28)20(27)16(31-17)11-19(26)24-9-7-23(8-10-24)14-5-3-4-6-15(14)30-2/h3-6,16-17,20-21,27-28H,7-13H2,1-2H3,(H,22,25)/t16-,17-,20-,21+/m0/s1. The van der Waals surface area contributed by atoms with Gasteiger partial charge < -0.3 is 39.5 Å². The monoisotopic (exact) mass is 437 g/mol. The molecule has 0 aliphatic carbocycles. The second kappa shape index (κ2) is 10.8. The Balaban J connectivity index is 1.49. The molecule has 3 N–H and O–H groups in total. The minimum atomic E-state index is -1.19. The molecule has 0 unspecified atom stereocenters. The Labute approximate surface area is 181 Å². The van der Waals surface area contributed by atoms with E-state index >= 15 is 0 Å². The molecule has 10 nitrogen and oxygen atoms in total. The molecule has 1 aromatic carbocycles. The van der Waals surface area contributed by atoms with Crippen LogP contribution in [-0.2, 0) is 19.1 Å². The molecule has 0 spiro atoms. The second-order valence-corrected chi connectivity index (χ2v) is 7.68. The third kappa shape index (κ3) is 5.65. The molecule has 2 saturated heterocycles. The van der Waals surface area contributed by atoms with Crippen molar-refractivity contribution < 1.29 is 34.0 Å². The molecule has 0 saturated carbocycles. The number of carbonyl (C=O) groups excluding carboxylic acids is 2. The molecule has 31 heavy (non-hydrogen) atoms. The van der Waals surface area contributed by atoms with Crippen molar-refractivity contribution in [1.29, 1.82) is 0 Å². The van der Waals surface area contributed by atoms with Crippen molar-refractivity contribution in [2.45, 2.75) is 30.8 Å². The van der Waals surface area contributed by atoms with Crippen LogP contribution in [0, 0.1) is 0 Å². The van der Waals surface area contributed by atoms with E-state index in [1.54, 1.807) is 12.0 Å². The maximum atomic E-state index is 12.8. The summed E-state index contributed by atoms with van der Waals surface area (Å²) in [7, 11) is 3.04. The van der Waals surface area contributed by atoms with Crippen LogP contribution < -0.4 is 15.0 Å². The topological polar surface area (TPSA) is 121 Å². The third-order valence-electron chi connectivity index (χ3n) is 5.67. The number of hydrogen-bond acceptors (Lipinski definition) is 8. The van der Waals surface area contributed by atoms with Crippen molar-refractivity contribution in [2.75, 3.05) is 58.5 Å². The van der Waals surface area contributed by atoms with Crippen LogP contribution in [0.1, 0.15) is 6.42 Å². The molecule has 0 radical (unpaired) electrons. The van der Waals surface area contributed by atoms with E-state index in [-0.39, 0.29) is 31.4 Å². The van der Waals surface area contributed by atoms with Crippen molar-refractivity contribution in [3.05, 3.63) is 24.3 Å². The largest absolute Gasteiger partial charge is 0.495 e. The Morgan fingerprint density at radius 2 is 1.77 bits per heavy atom. The SMILES string of the molecule is COCC(=O)NC[C@@H]1O[C@@H](CC(=O)N2CCN(c3ccccc3OC)CC2)[C@H](O)[C@@H]1O. The number of benzene rings is 1. The van der Waals surface area contributed by atoms with Gasteiger partial charge in [-0.15, -0.1) is 0 Å². The summed E-state index contributed by atoms with van der Waals surface area (Å²) in [6.07, 6.45) is -4.00. The summed E-state index contributed by atoms with van der Waals surface area (Å²) in [6.45, 7) is 2.34. The van der Waals surface area contributed by atoms with Crippen LogP contribution in [0.2, 0.25) is 0 Å². The van der Waals surface area contributed by atoms with E-state index in [0.717, 1.165) is 11.4 Å². The lowest BCUT2D eigenvalue weighted by molar-refractivity contribution is -0.136. The first-order chi connectivity index (χ1) is 14.9. The second-order valence-electron chi connectivity index (χ2n) is 7.68. The summed E-state index contributed by atoms with van der Waals surface area (Å²) < 4.78 is 15.8. The minimum absolute atomic E-state index is 0.0304. The minimum Gasteiger partial charge on any atom is -0.495 e. The van der Waals surface area contributed by atoms with E-state index in [0.29, 0.717) is 26.2 Å². The molecule has 3 rings (SSSR count). The van der Waals surface area contributed by atoms with Gasteiger partial charge in [0.25, 0.3) is 0 Å². The Morgan fingerprint density at radius 3 is 2.45 bits per heavy atom. The molecule has 1 aromatic rings. The predicted molar refractivity (Wildman–Crippen MR) is 112 cm³/mol. The van der Waals surface area contributed by atoms with E-state index in [2.05, 4.69) is 10.2 Å². The third-order valence-corrected chi connectivity index (χ3v) is 5.67. The molecule has 2 heterocycles. The lowest BCUT2D eigenvalue weighted by Crippen LogP contribution is -2.50. The van der Waals surface area contributed by atoms with E-state index in [1.807, 2.05) is 24.3 Å². The van der Waals surface area contributed by atoms with Crippen LogP contribution >= 0.6 is 0 Å². The highest BCUT2D eigenvalue weighted by molar-refractivity contribution is 5.78. The summed E-state index contributed by atoms with van der Waals surface area (Å²) in [5, 5.41) is 23.1. The van der Waals surface area contributed by atoms with Gasteiger partial charge in [-0.2, -0.15) is 0 Å². The van der Waals surface area contributed by atoms with Gasteiger partial charge in [0.15, 0.2) is 0 Å². The van der Waals surface area contributed by atoms with Crippen molar-refractivity contribution >= 4 is 17.5 Å². The smallest absolute Gasteiger partial charge is 0.246 e. The first kappa shape index (κ1) is 23.3. The van der Waals surface area contributed by atoms with Gasteiger partial charge in [-0.05, 0) is 12.1 Å².